The number of rotatable bonds is 5. The van der Waals surface area contributed by atoms with Crippen LogP contribution in [0.4, 0.5) is 0 Å². The SMILES string of the molecule is CS(=O)CCNS(=O)(=O)c1cccc2c1CCNC2. The minimum atomic E-state index is -3.51. The standard InChI is InChI=1S/C12H18N2O3S2/c1-18(15)8-7-14-19(16,17)12-4-2-3-10-9-13-6-5-11(10)12/h2-4,13-14H,5-9H2,1H3. The van der Waals surface area contributed by atoms with Crippen LogP contribution in [0.3, 0.4) is 0 Å². The molecule has 7 heteroatoms. The molecular formula is C12H18N2O3S2. The molecule has 0 saturated heterocycles. The molecule has 0 amide bonds. The van der Waals surface area contributed by atoms with Crippen molar-refractivity contribution in [2.24, 2.45) is 0 Å². The largest absolute Gasteiger partial charge is 0.312 e. The molecule has 5 nitrogen and oxygen atoms in total. The summed E-state index contributed by atoms with van der Waals surface area (Å²) in [5.41, 5.74) is 1.93. The van der Waals surface area contributed by atoms with Gasteiger partial charge in [0.05, 0.1) is 4.90 Å². The molecule has 1 atom stereocenters. The zero-order chi connectivity index (χ0) is 13.9. The Morgan fingerprint density at radius 1 is 1.42 bits per heavy atom. The highest BCUT2D eigenvalue weighted by Crippen LogP contribution is 2.22. The van der Waals surface area contributed by atoms with Crippen LogP contribution in [0.1, 0.15) is 11.1 Å². The first kappa shape index (κ1) is 14.6. The third-order valence-corrected chi connectivity index (χ3v) is 5.39. The van der Waals surface area contributed by atoms with Crippen molar-refractivity contribution >= 4 is 20.8 Å². The molecule has 1 aromatic rings. The molecule has 0 aromatic heterocycles. The van der Waals surface area contributed by atoms with Crippen LogP contribution in [-0.4, -0.2) is 37.7 Å². The Morgan fingerprint density at radius 2 is 2.21 bits per heavy atom. The van der Waals surface area contributed by atoms with Crippen molar-refractivity contribution in [2.75, 3.05) is 25.1 Å². The molecule has 106 valence electrons. The fourth-order valence-electron chi connectivity index (χ4n) is 2.15. The number of sulfonamides is 1. The van der Waals surface area contributed by atoms with Gasteiger partial charge in [-0.05, 0) is 30.2 Å². The van der Waals surface area contributed by atoms with Crippen LogP contribution in [0.25, 0.3) is 0 Å². The number of benzene rings is 1. The Kier molecular flexibility index (Phi) is 4.72. The van der Waals surface area contributed by atoms with Gasteiger partial charge in [-0.15, -0.1) is 0 Å². The van der Waals surface area contributed by atoms with E-state index in [1.165, 1.54) is 0 Å². The maximum absolute atomic E-state index is 12.3. The summed E-state index contributed by atoms with van der Waals surface area (Å²) in [6.45, 7) is 1.70. The van der Waals surface area contributed by atoms with Gasteiger partial charge in [-0.2, -0.15) is 0 Å². The number of hydrogen-bond acceptors (Lipinski definition) is 4. The van der Waals surface area contributed by atoms with Crippen LogP contribution >= 0.6 is 0 Å². The molecule has 1 aliphatic rings. The lowest BCUT2D eigenvalue weighted by Gasteiger charge is -2.20. The average Bonchev–Trinajstić information content (AvgIpc) is 2.37. The molecule has 19 heavy (non-hydrogen) atoms. The lowest BCUT2D eigenvalue weighted by Crippen LogP contribution is -2.31. The van der Waals surface area contributed by atoms with E-state index < -0.39 is 20.8 Å². The molecule has 2 rings (SSSR count). The van der Waals surface area contributed by atoms with E-state index in [-0.39, 0.29) is 6.54 Å². The number of hydrogen-bond donors (Lipinski definition) is 2. The monoisotopic (exact) mass is 302 g/mol. The second-order valence-electron chi connectivity index (χ2n) is 4.50. The first-order valence-corrected chi connectivity index (χ1v) is 9.33. The van der Waals surface area contributed by atoms with Gasteiger partial charge in [0, 0.05) is 35.9 Å². The quantitative estimate of drug-likeness (QED) is 0.802. The summed E-state index contributed by atoms with van der Waals surface area (Å²) < 4.78 is 38.0. The third-order valence-electron chi connectivity index (χ3n) is 3.07. The maximum Gasteiger partial charge on any atom is 0.240 e. The Morgan fingerprint density at radius 3 is 2.95 bits per heavy atom. The molecule has 1 aliphatic heterocycles. The topological polar surface area (TPSA) is 75.3 Å². The second kappa shape index (κ2) is 6.13. The fraction of sp³-hybridized carbons (Fsp3) is 0.500. The van der Waals surface area contributed by atoms with Crippen molar-refractivity contribution in [3.63, 3.8) is 0 Å². The molecule has 0 fully saturated rings. The van der Waals surface area contributed by atoms with Crippen LogP contribution in [0.15, 0.2) is 23.1 Å². The van der Waals surface area contributed by atoms with Crippen LogP contribution < -0.4 is 10.0 Å². The first-order chi connectivity index (χ1) is 9.00. The average molecular weight is 302 g/mol. The van der Waals surface area contributed by atoms with E-state index >= 15 is 0 Å². The maximum atomic E-state index is 12.3. The molecule has 0 spiro atoms. The van der Waals surface area contributed by atoms with Crippen LogP contribution in [0.5, 0.6) is 0 Å². The van der Waals surface area contributed by atoms with Gasteiger partial charge in [0.2, 0.25) is 10.0 Å². The number of nitrogens with one attached hydrogen (secondary N) is 2. The second-order valence-corrected chi connectivity index (χ2v) is 7.79. The van der Waals surface area contributed by atoms with Gasteiger partial charge in [-0.3, -0.25) is 4.21 Å². The van der Waals surface area contributed by atoms with E-state index in [1.54, 1.807) is 18.4 Å². The number of fused-ring (bicyclic) bond motifs is 1. The zero-order valence-corrected chi connectivity index (χ0v) is 12.4. The molecule has 1 aromatic carbocycles. The molecule has 1 heterocycles. The summed E-state index contributed by atoms with van der Waals surface area (Å²) >= 11 is 0. The molecule has 1 unspecified atom stereocenters. The van der Waals surface area contributed by atoms with Crippen LogP contribution in [0, 0.1) is 0 Å². The normalized spacial score (nSPS) is 16.9. The fourth-order valence-corrected chi connectivity index (χ4v) is 4.01. The minimum Gasteiger partial charge on any atom is -0.312 e. The summed E-state index contributed by atoms with van der Waals surface area (Å²) in [5.74, 6) is 0.329. The molecule has 0 saturated carbocycles. The highest BCUT2D eigenvalue weighted by molar-refractivity contribution is 7.89. The highest BCUT2D eigenvalue weighted by atomic mass is 32.2. The zero-order valence-electron chi connectivity index (χ0n) is 10.8. The summed E-state index contributed by atoms with van der Waals surface area (Å²) in [5, 5.41) is 3.22. The first-order valence-electron chi connectivity index (χ1n) is 6.12. The van der Waals surface area contributed by atoms with Gasteiger partial charge in [0.25, 0.3) is 0 Å². The predicted octanol–water partition coefficient (Wildman–Crippen LogP) is -0.0109. The Balaban J connectivity index is 2.23. The van der Waals surface area contributed by atoms with E-state index in [0.717, 1.165) is 17.7 Å². The lowest BCUT2D eigenvalue weighted by molar-refractivity contribution is 0.578. The van der Waals surface area contributed by atoms with Crippen molar-refractivity contribution in [1.29, 1.82) is 0 Å². The van der Waals surface area contributed by atoms with Crippen molar-refractivity contribution in [3.8, 4) is 0 Å². The highest BCUT2D eigenvalue weighted by Gasteiger charge is 2.21. The van der Waals surface area contributed by atoms with Gasteiger partial charge in [0.15, 0.2) is 0 Å². The van der Waals surface area contributed by atoms with E-state index in [0.29, 0.717) is 23.6 Å². The Hall–Kier alpha value is -0.760. The molecule has 2 N–H and O–H groups in total. The molecule has 0 radical (unpaired) electrons. The van der Waals surface area contributed by atoms with E-state index in [1.807, 2.05) is 6.07 Å². The van der Waals surface area contributed by atoms with Gasteiger partial charge in [0.1, 0.15) is 0 Å². The summed E-state index contributed by atoms with van der Waals surface area (Å²) in [7, 11) is -4.51. The van der Waals surface area contributed by atoms with Crippen molar-refractivity contribution in [1.82, 2.24) is 10.0 Å². The summed E-state index contributed by atoms with van der Waals surface area (Å²) in [6.07, 6.45) is 2.27. The van der Waals surface area contributed by atoms with Crippen LogP contribution in [0.2, 0.25) is 0 Å². The Bertz CT molecular complexity index is 585. The van der Waals surface area contributed by atoms with Gasteiger partial charge in [-0.25, -0.2) is 13.1 Å². The Labute approximate surface area is 116 Å². The minimum absolute atomic E-state index is 0.202. The smallest absolute Gasteiger partial charge is 0.240 e. The molecular weight excluding hydrogens is 284 g/mol. The van der Waals surface area contributed by atoms with Crippen molar-refractivity contribution in [3.05, 3.63) is 29.3 Å². The predicted molar refractivity (Wildman–Crippen MR) is 76.0 cm³/mol. The molecule has 0 aliphatic carbocycles. The summed E-state index contributed by atoms with van der Waals surface area (Å²) in [6, 6.07) is 5.34. The summed E-state index contributed by atoms with van der Waals surface area (Å²) in [4.78, 5) is 0.355. The van der Waals surface area contributed by atoms with E-state index in [2.05, 4.69) is 10.0 Å². The van der Waals surface area contributed by atoms with Gasteiger partial charge < -0.3 is 5.32 Å². The van der Waals surface area contributed by atoms with Crippen molar-refractivity contribution in [2.45, 2.75) is 17.9 Å². The van der Waals surface area contributed by atoms with Gasteiger partial charge >= 0.3 is 0 Å². The van der Waals surface area contributed by atoms with Crippen LogP contribution in [-0.2, 0) is 33.8 Å². The lowest BCUT2D eigenvalue weighted by atomic mass is 10.0. The molecule has 0 bridgehead atoms. The van der Waals surface area contributed by atoms with E-state index in [9.17, 15) is 12.6 Å². The third kappa shape index (κ3) is 3.62. The van der Waals surface area contributed by atoms with Gasteiger partial charge in [-0.1, -0.05) is 12.1 Å². The van der Waals surface area contributed by atoms with Crippen molar-refractivity contribution < 1.29 is 12.6 Å². The van der Waals surface area contributed by atoms with E-state index in [4.69, 9.17) is 0 Å².